The Morgan fingerprint density at radius 3 is 3.05 bits per heavy atom. The summed E-state index contributed by atoms with van der Waals surface area (Å²) in [4.78, 5) is 11.8. The third kappa shape index (κ3) is 5.86. The van der Waals surface area contributed by atoms with E-state index in [0.717, 1.165) is 43.8 Å². The number of hydrogen-bond donors (Lipinski definition) is 1. The first-order valence-corrected chi connectivity index (χ1v) is 7.72. The number of rotatable bonds is 8. The zero-order valence-corrected chi connectivity index (χ0v) is 12.8. The topological polar surface area (TPSA) is 47.6 Å². The fourth-order valence-electron chi connectivity index (χ4n) is 2.41. The van der Waals surface area contributed by atoms with Crippen LogP contribution in [0.2, 0.25) is 0 Å². The van der Waals surface area contributed by atoms with Crippen molar-refractivity contribution in [3.63, 3.8) is 0 Å². The van der Waals surface area contributed by atoms with Gasteiger partial charge in [-0.2, -0.15) is 0 Å². The lowest BCUT2D eigenvalue weighted by Crippen LogP contribution is -2.27. The summed E-state index contributed by atoms with van der Waals surface area (Å²) in [5.74, 6) is 0.633. The number of hydrogen-bond acceptors (Lipinski definition) is 3. The highest BCUT2D eigenvalue weighted by Gasteiger charge is 2.15. The van der Waals surface area contributed by atoms with Crippen molar-refractivity contribution in [3.8, 4) is 0 Å². The first kappa shape index (κ1) is 16.0. The largest absolute Gasteiger partial charge is 0.381 e. The molecule has 21 heavy (non-hydrogen) atoms. The third-order valence-electron chi connectivity index (χ3n) is 3.78. The maximum absolute atomic E-state index is 11.8. The smallest absolute Gasteiger partial charge is 0.224 e. The zero-order valence-electron chi connectivity index (χ0n) is 12.8. The van der Waals surface area contributed by atoms with Gasteiger partial charge in [0.2, 0.25) is 5.91 Å². The Morgan fingerprint density at radius 1 is 1.43 bits per heavy atom. The first-order chi connectivity index (χ1) is 10.3. The van der Waals surface area contributed by atoms with Crippen LogP contribution in [0.25, 0.3) is 0 Å². The van der Waals surface area contributed by atoms with E-state index >= 15 is 0 Å². The standard InChI is InChI=1S/C17H25NO3/c1-14-5-2-3-6-16(14)11-17(19)18-8-4-9-20-12-15-7-10-21-13-15/h2-3,5-6,15H,4,7-13H2,1H3,(H,18,19). The molecule has 1 aromatic rings. The molecule has 0 radical (unpaired) electrons. The van der Waals surface area contributed by atoms with E-state index in [0.29, 0.717) is 25.5 Å². The van der Waals surface area contributed by atoms with Crippen LogP contribution in [0.1, 0.15) is 24.0 Å². The lowest BCUT2D eigenvalue weighted by atomic mass is 10.1. The van der Waals surface area contributed by atoms with Gasteiger partial charge in [-0.05, 0) is 30.9 Å². The summed E-state index contributed by atoms with van der Waals surface area (Å²) >= 11 is 0. The predicted octanol–water partition coefficient (Wildman–Crippen LogP) is 2.10. The molecule has 116 valence electrons. The Balaban J connectivity index is 1.52. The minimum absolute atomic E-state index is 0.0773. The number of carbonyl (C=O) groups excluding carboxylic acids is 1. The van der Waals surface area contributed by atoms with Crippen molar-refractivity contribution in [3.05, 3.63) is 35.4 Å². The first-order valence-electron chi connectivity index (χ1n) is 7.72. The van der Waals surface area contributed by atoms with Crippen LogP contribution in [-0.2, 0) is 20.7 Å². The summed E-state index contributed by atoms with van der Waals surface area (Å²) in [7, 11) is 0. The maximum atomic E-state index is 11.8. The fourth-order valence-corrected chi connectivity index (χ4v) is 2.41. The molecule has 1 amide bonds. The number of nitrogens with one attached hydrogen (secondary N) is 1. The molecule has 0 spiro atoms. The lowest BCUT2D eigenvalue weighted by Gasteiger charge is -2.09. The van der Waals surface area contributed by atoms with E-state index in [2.05, 4.69) is 5.32 Å². The zero-order chi connectivity index (χ0) is 14.9. The van der Waals surface area contributed by atoms with Crippen LogP contribution in [0.4, 0.5) is 0 Å². The molecule has 1 aliphatic heterocycles. The second-order valence-corrected chi connectivity index (χ2v) is 5.61. The molecule has 1 aliphatic rings. The van der Waals surface area contributed by atoms with E-state index < -0.39 is 0 Å². The highest BCUT2D eigenvalue weighted by molar-refractivity contribution is 5.78. The summed E-state index contributed by atoms with van der Waals surface area (Å²) in [5.41, 5.74) is 2.25. The molecule has 1 atom stereocenters. The highest BCUT2D eigenvalue weighted by atomic mass is 16.5. The average Bonchev–Trinajstić information content (AvgIpc) is 2.98. The number of ether oxygens (including phenoxy) is 2. The minimum Gasteiger partial charge on any atom is -0.381 e. The second kappa shape index (κ2) is 8.80. The molecule has 1 aromatic carbocycles. The van der Waals surface area contributed by atoms with Crippen LogP contribution < -0.4 is 5.32 Å². The monoisotopic (exact) mass is 291 g/mol. The van der Waals surface area contributed by atoms with E-state index in [1.54, 1.807) is 0 Å². The summed E-state index contributed by atoms with van der Waals surface area (Å²) < 4.78 is 10.9. The predicted molar refractivity (Wildman–Crippen MR) is 82.3 cm³/mol. The molecule has 0 saturated carbocycles. The van der Waals surface area contributed by atoms with Gasteiger partial charge >= 0.3 is 0 Å². The Morgan fingerprint density at radius 2 is 2.29 bits per heavy atom. The molecule has 0 aromatic heterocycles. The molecule has 4 heteroatoms. The summed E-state index contributed by atoms with van der Waals surface area (Å²) in [6.45, 7) is 5.86. The SMILES string of the molecule is Cc1ccccc1CC(=O)NCCCOCC1CCOC1. The van der Waals surface area contributed by atoms with Crippen molar-refractivity contribution >= 4 is 5.91 Å². The Bertz CT molecular complexity index is 441. The number of benzene rings is 1. The van der Waals surface area contributed by atoms with Gasteiger partial charge in [0.15, 0.2) is 0 Å². The third-order valence-corrected chi connectivity index (χ3v) is 3.78. The highest BCUT2D eigenvalue weighted by Crippen LogP contribution is 2.12. The van der Waals surface area contributed by atoms with Crippen LogP contribution in [0.15, 0.2) is 24.3 Å². The van der Waals surface area contributed by atoms with Crippen LogP contribution >= 0.6 is 0 Å². The molecule has 1 unspecified atom stereocenters. The van der Waals surface area contributed by atoms with Crippen LogP contribution in [0, 0.1) is 12.8 Å². The van der Waals surface area contributed by atoms with E-state index in [1.807, 2.05) is 31.2 Å². The van der Waals surface area contributed by atoms with Gasteiger partial charge < -0.3 is 14.8 Å². The molecule has 1 fully saturated rings. The van der Waals surface area contributed by atoms with Gasteiger partial charge in [0.25, 0.3) is 0 Å². The van der Waals surface area contributed by atoms with Gasteiger partial charge in [0.1, 0.15) is 0 Å². The summed E-state index contributed by atoms with van der Waals surface area (Å²) in [6, 6.07) is 7.99. The van der Waals surface area contributed by atoms with Crippen molar-refractivity contribution in [1.29, 1.82) is 0 Å². The van der Waals surface area contributed by atoms with Crippen molar-refractivity contribution in [2.75, 3.05) is 33.0 Å². The molecular formula is C17H25NO3. The molecule has 1 N–H and O–H groups in total. The van der Waals surface area contributed by atoms with Crippen molar-refractivity contribution in [2.45, 2.75) is 26.2 Å². The van der Waals surface area contributed by atoms with Gasteiger partial charge in [0.05, 0.1) is 19.6 Å². The van der Waals surface area contributed by atoms with E-state index in [9.17, 15) is 4.79 Å². The van der Waals surface area contributed by atoms with Crippen molar-refractivity contribution in [1.82, 2.24) is 5.32 Å². The second-order valence-electron chi connectivity index (χ2n) is 5.61. The fraction of sp³-hybridized carbons (Fsp3) is 0.588. The normalized spacial score (nSPS) is 17.9. The Kier molecular flexibility index (Phi) is 6.70. The summed E-state index contributed by atoms with van der Waals surface area (Å²) in [6.07, 6.45) is 2.41. The summed E-state index contributed by atoms with van der Waals surface area (Å²) in [5, 5.41) is 2.94. The Labute approximate surface area is 126 Å². The molecular weight excluding hydrogens is 266 g/mol. The number of aryl methyl sites for hydroxylation is 1. The van der Waals surface area contributed by atoms with Crippen molar-refractivity contribution in [2.24, 2.45) is 5.92 Å². The Hall–Kier alpha value is -1.39. The average molecular weight is 291 g/mol. The maximum Gasteiger partial charge on any atom is 0.224 e. The molecule has 0 aliphatic carbocycles. The molecule has 4 nitrogen and oxygen atoms in total. The van der Waals surface area contributed by atoms with Gasteiger partial charge in [0, 0.05) is 25.7 Å². The quantitative estimate of drug-likeness (QED) is 0.746. The molecule has 1 saturated heterocycles. The van der Waals surface area contributed by atoms with Gasteiger partial charge in [-0.3, -0.25) is 4.79 Å². The molecule has 2 rings (SSSR count). The van der Waals surface area contributed by atoms with Crippen molar-refractivity contribution < 1.29 is 14.3 Å². The minimum atomic E-state index is 0.0773. The molecule has 0 bridgehead atoms. The van der Waals surface area contributed by atoms with Crippen LogP contribution in [0.5, 0.6) is 0 Å². The number of amides is 1. The van der Waals surface area contributed by atoms with Crippen LogP contribution in [-0.4, -0.2) is 38.9 Å². The van der Waals surface area contributed by atoms with Gasteiger partial charge in [-0.25, -0.2) is 0 Å². The van der Waals surface area contributed by atoms with E-state index in [4.69, 9.17) is 9.47 Å². The van der Waals surface area contributed by atoms with E-state index in [1.165, 1.54) is 0 Å². The lowest BCUT2D eigenvalue weighted by molar-refractivity contribution is -0.120. The van der Waals surface area contributed by atoms with Gasteiger partial charge in [-0.15, -0.1) is 0 Å². The number of carbonyl (C=O) groups is 1. The van der Waals surface area contributed by atoms with E-state index in [-0.39, 0.29) is 5.91 Å². The molecule has 1 heterocycles. The van der Waals surface area contributed by atoms with Gasteiger partial charge in [-0.1, -0.05) is 24.3 Å². The van der Waals surface area contributed by atoms with Crippen LogP contribution in [0.3, 0.4) is 0 Å².